The number of benzene rings is 3. The molecule has 4 rings (SSSR count). The van der Waals surface area contributed by atoms with Crippen molar-refractivity contribution in [2.24, 2.45) is 4.99 Å². The molecule has 3 aromatic carbocycles. The maximum atomic E-state index is 10.9. The van der Waals surface area contributed by atoms with E-state index in [0.29, 0.717) is 18.8 Å². The lowest BCUT2D eigenvalue weighted by Crippen LogP contribution is -2.33. The molecule has 0 fully saturated rings. The Morgan fingerprint density at radius 2 is 1.84 bits per heavy atom. The van der Waals surface area contributed by atoms with Gasteiger partial charge in [-0.25, -0.2) is 0 Å². The maximum absolute atomic E-state index is 10.9. The second-order valence-corrected chi connectivity index (χ2v) is 7.67. The smallest absolute Gasteiger partial charge is 0.162 e. The lowest BCUT2D eigenvalue weighted by Gasteiger charge is -2.31. The van der Waals surface area contributed by atoms with Crippen molar-refractivity contribution in [2.45, 2.75) is 32.5 Å². The molecule has 1 heterocycles. The normalized spacial score (nSPS) is 18.4. The molecule has 0 aliphatic carbocycles. The van der Waals surface area contributed by atoms with Crippen LogP contribution in [0.5, 0.6) is 17.2 Å². The van der Waals surface area contributed by atoms with E-state index in [1.807, 2.05) is 43.3 Å². The number of rotatable bonds is 6. The third-order valence-electron chi connectivity index (χ3n) is 5.54. The number of hydrogen-bond donors (Lipinski definition) is 2. The molecule has 160 valence electrons. The number of nitrogens with zero attached hydrogens (tertiary/aromatic N) is 1. The quantitative estimate of drug-likeness (QED) is 0.570. The van der Waals surface area contributed by atoms with Crippen molar-refractivity contribution in [3.05, 3.63) is 89.0 Å². The van der Waals surface area contributed by atoms with Crippen LogP contribution in [0.3, 0.4) is 0 Å². The number of phenols is 1. The van der Waals surface area contributed by atoms with E-state index in [1.165, 1.54) is 5.56 Å². The van der Waals surface area contributed by atoms with E-state index in [4.69, 9.17) is 14.5 Å². The zero-order chi connectivity index (χ0) is 21.8. The standard InChI is InChI=1S/C26H28N2O3/c1-4-31-24-10-6-9-21(25(24)29)23-16-22(19-7-5-8-20(15-19)30-3)27-26(28-23)18-13-11-17(2)12-14-18/h5-15,23,26,28-29H,4,16H2,1-3H3/t23-,26+/m1/s1. The average Bonchev–Trinajstić information content (AvgIpc) is 2.81. The van der Waals surface area contributed by atoms with Crippen LogP contribution in [0.25, 0.3) is 0 Å². The van der Waals surface area contributed by atoms with Crippen LogP contribution in [0.4, 0.5) is 0 Å². The zero-order valence-electron chi connectivity index (χ0n) is 18.1. The predicted molar refractivity (Wildman–Crippen MR) is 123 cm³/mol. The highest BCUT2D eigenvalue weighted by Crippen LogP contribution is 2.39. The van der Waals surface area contributed by atoms with Crippen molar-refractivity contribution in [3.63, 3.8) is 0 Å². The van der Waals surface area contributed by atoms with Gasteiger partial charge in [-0.2, -0.15) is 0 Å². The summed E-state index contributed by atoms with van der Waals surface area (Å²) >= 11 is 0. The summed E-state index contributed by atoms with van der Waals surface area (Å²) in [4.78, 5) is 5.03. The zero-order valence-corrected chi connectivity index (χ0v) is 18.1. The molecule has 5 heteroatoms. The first-order chi connectivity index (χ1) is 15.1. The van der Waals surface area contributed by atoms with E-state index < -0.39 is 0 Å². The number of ether oxygens (including phenoxy) is 2. The van der Waals surface area contributed by atoms with E-state index in [0.717, 1.165) is 28.2 Å². The van der Waals surface area contributed by atoms with Gasteiger partial charge in [-0.1, -0.05) is 54.1 Å². The topological polar surface area (TPSA) is 63.1 Å². The van der Waals surface area contributed by atoms with Crippen molar-refractivity contribution in [2.75, 3.05) is 13.7 Å². The van der Waals surface area contributed by atoms with E-state index in [2.05, 4.69) is 36.5 Å². The second kappa shape index (κ2) is 9.23. The van der Waals surface area contributed by atoms with E-state index >= 15 is 0 Å². The summed E-state index contributed by atoms with van der Waals surface area (Å²) in [7, 11) is 1.67. The predicted octanol–water partition coefficient (Wildman–Crippen LogP) is 5.33. The number of aliphatic imine (C=N–C) groups is 1. The summed E-state index contributed by atoms with van der Waals surface area (Å²) in [6.45, 7) is 4.48. The van der Waals surface area contributed by atoms with Crippen molar-refractivity contribution in [3.8, 4) is 17.2 Å². The van der Waals surface area contributed by atoms with Crippen molar-refractivity contribution >= 4 is 5.71 Å². The summed E-state index contributed by atoms with van der Waals surface area (Å²) in [6.07, 6.45) is 0.411. The van der Waals surface area contributed by atoms with Crippen LogP contribution >= 0.6 is 0 Å². The number of phenolic OH excluding ortho intramolecular Hbond substituents is 1. The SMILES string of the molecule is CCOc1cccc([C@H]2CC(c3cccc(OC)c3)=N[C@H](c3ccc(C)cc3)N2)c1O. The molecule has 0 saturated heterocycles. The van der Waals surface area contributed by atoms with Crippen LogP contribution < -0.4 is 14.8 Å². The van der Waals surface area contributed by atoms with Crippen LogP contribution in [0.15, 0.2) is 71.7 Å². The third kappa shape index (κ3) is 4.57. The highest BCUT2D eigenvalue weighted by atomic mass is 16.5. The first-order valence-corrected chi connectivity index (χ1v) is 10.6. The van der Waals surface area contributed by atoms with Gasteiger partial charge in [0.2, 0.25) is 0 Å². The van der Waals surface area contributed by atoms with Gasteiger partial charge < -0.3 is 14.6 Å². The van der Waals surface area contributed by atoms with Crippen LogP contribution in [0.2, 0.25) is 0 Å². The lowest BCUT2D eigenvalue weighted by atomic mass is 9.93. The molecule has 3 aromatic rings. The molecule has 0 saturated carbocycles. The molecule has 0 radical (unpaired) electrons. The Balaban J connectivity index is 1.75. The van der Waals surface area contributed by atoms with Crippen LogP contribution in [-0.2, 0) is 0 Å². The van der Waals surface area contributed by atoms with Gasteiger partial charge in [-0.15, -0.1) is 0 Å². The van der Waals surface area contributed by atoms with Gasteiger partial charge in [0.1, 0.15) is 11.9 Å². The fourth-order valence-electron chi connectivity index (χ4n) is 3.90. The van der Waals surface area contributed by atoms with E-state index in [-0.39, 0.29) is 18.0 Å². The molecule has 2 N–H and O–H groups in total. The van der Waals surface area contributed by atoms with Gasteiger partial charge in [0.25, 0.3) is 0 Å². The van der Waals surface area contributed by atoms with Crippen LogP contribution in [0, 0.1) is 6.92 Å². The molecule has 0 spiro atoms. The molecule has 0 amide bonds. The highest BCUT2D eigenvalue weighted by Gasteiger charge is 2.28. The molecule has 1 aliphatic rings. The molecule has 5 nitrogen and oxygen atoms in total. The molecule has 2 atom stereocenters. The molecule has 0 aromatic heterocycles. The maximum Gasteiger partial charge on any atom is 0.162 e. The fourth-order valence-corrected chi connectivity index (χ4v) is 3.90. The summed E-state index contributed by atoms with van der Waals surface area (Å²) in [6, 6.07) is 21.9. The monoisotopic (exact) mass is 416 g/mol. The number of nitrogens with one attached hydrogen (secondary N) is 1. The minimum atomic E-state index is -0.226. The van der Waals surface area contributed by atoms with Crippen molar-refractivity contribution < 1.29 is 14.6 Å². The Morgan fingerprint density at radius 3 is 2.58 bits per heavy atom. The lowest BCUT2D eigenvalue weighted by molar-refractivity contribution is 0.313. The summed E-state index contributed by atoms with van der Waals surface area (Å²) < 4.78 is 11.0. The Bertz CT molecular complexity index is 1080. The van der Waals surface area contributed by atoms with E-state index in [1.54, 1.807) is 13.2 Å². The molecule has 1 aliphatic heterocycles. The number of aromatic hydroxyl groups is 1. The summed E-state index contributed by atoms with van der Waals surface area (Å²) in [5.41, 5.74) is 5.07. The third-order valence-corrected chi connectivity index (χ3v) is 5.54. The van der Waals surface area contributed by atoms with Gasteiger partial charge in [0.15, 0.2) is 11.5 Å². The Kier molecular flexibility index (Phi) is 6.23. The van der Waals surface area contributed by atoms with Gasteiger partial charge in [-0.05, 0) is 43.2 Å². The van der Waals surface area contributed by atoms with Crippen molar-refractivity contribution in [1.82, 2.24) is 5.32 Å². The van der Waals surface area contributed by atoms with E-state index in [9.17, 15) is 5.11 Å². The van der Waals surface area contributed by atoms with Gasteiger partial charge in [-0.3, -0.25) is 10.3 Å². The fraction of sp³-hybridized carbons (Fsp3) is 0.269. The Labute approximate surface area is 183 Å². The number of aryl methyl sites for hydroxylation is 1. The first-order valence-electron chi connectivity index (χ1n) is 10.6. The summed E-state index contributed by atoms with van der Waals surface area (Å²) in [5.74, 6) is 1.47. The van der Waals surface area contributed by atoms with Crippen molar-refractivity contribution in [1.29, 1.82) is 0 Å². The van der Waals surface area contributed by atoms with Gasteiger partial charge >= 0.3 is 0 Å². The second-order valence-electron chi connectivity index (χ2n) is 7.67. The number of hydrogen-bond acceptors (Lipinski definition) is 5. The summed E-state index contributed by atoms with van der Waals surface area (Å²) in [5, 5.41) is 14.5. The minimum Gasteiger partial charge on any atom is -0.504 e. The largest absolute Gasteiger partial charge is 0.504 e. The average molecular weight is 417 g/mol. The van der Waals surface area contributed by atoms with Gasteiger partial charge in [0.05, 0.1) is 13.7 Å². The van der Waals surface area contributed by atoms with Gasteiger partial charge in [0, 0.05) is 23.7 Å². The molecule has 0 bridgehead atoms. The van der Waals surface area contributed by atoms with Crippen LogP contribution in [-0.4, -0.2) is 24.5 Å². The Hall–Kier alpha value is -3.31. The minimum absolute atomic E-state index is 0.120. The highest BCUT2D eigenvalue weighted by molar-refractivity contribution is 6.02. The molecule has 0 unspecified atom stereocenters. The molecular formula is C26H28N2O3. The first kappa shape index (κ1) is 20.9. The number of para-hydroxylation sites is 1. The molecular weight excluding hydrogens is 388 g/mol. The van der Waals surface area contributed by atoms with Crippen LogP contribution in [0.1, 0.15) is 47.8 Å². The molecule has 31 heavy (non-hydrogen) atoms. The Morgan fingerprint density at radius 1 is 1.06 bits per heavy atom. The number of methoxy groups -OCH3 is 1.